The summed E-state index contributed by atoms with van der Waals surface area (Å²) in [5, 5.41) is 11.0. The first kappa shape index (κ1) is 12.5. The van der Waals surface area contributed by atoms with Gasteiger partial charge in [0.05, 0.1) is 6.10 Å². The molecule has 0 aromatic heterocycles. The average molecular weight is 218 g/mol. The Bertz CT molecular complexity index is 181. The molecular formula is C6H10ClF2NO3. The van der Waals surface area contributed by atoms with E-state index in [0.717, 1.165) is 0 Å². The van der Waals surface area contributed by atoms with Crippen molar-refractivity contribution in [2.75, 3.05) is 6.54 Å². The number of nitrogens with one attached hydrogen (secondary N) is 1. The minimum Gasteiger partial charge on any atom is -0.480 e. The Morgan fingerprint density at radius 1 is 1.62 bits per heavy atom. The lowest BCUT2D eigenvalue weighted by atomic mass is 10.2. The highest BCUT2D eigenvalue weighted by atomic mass is 35.5. The monoisotopic (exact) mass is 217 g/mol. The van der Waals surface area contributed by atoms with Gasteiger partial charge in [-0.15, -0.1) is 12.4 Å². The van der Waals surface area contributed by atoms with Crippen LogP contribution in [0, 0.1) is 0 Å². The van der Waals surface area contributed by atoms with Crippen molar-refractivity contribution in [3.8, 4) is 0 Å². The number of carboxylic acids is 1. The van der Waals surface area contributed by atoms with Crippen molar-refractivity contribution in [3.05, 3.63) is 0 Å². The summed E-state index contributed by atoms with van der Waals surface area (Å²) in [6, 6.07) is -0.756. The zero-order valence-corrected chi connectivity index (χ0v) is 7.39. The second kappa shape index (κ2) is 5.31. The molecule has 1 fully saturated rings. The van der Waals surface area contributed by atoms with Crippen LogP contribution in [-0.2, 0) is 9.53 Å². The Kier molecular flexibility index (Phi) is 5.12. The average Bonchev–Trinajstić information content (AvgIpc) is 2.34. The molecule has 1 aliphatic heterocycles. The molecule has 78 valence electrons. The number of alkyl halides is 2. The van der Waals surface area contributed by atoms with Gasteiger partial charge in [0.2, 0.25) is 0 Å². The molecule has 0 radical (unpaired) electrons. The Labute approximate surface area is 79.7 Å². The summed E-state index contributed by atoms with van der Waals surface area (Å²) in [5.41, 5.74) is 0. The van der Waals surface area contributed by atoms with Gasteiger partial charge in [-0.1, -0.05) is 0 Å². The molecule has 0 bridgehead atoms. The van der Waals surface area contributed by atoms with Gasteiger partial charge < -0.3 is 15.2 Å². The third kappa shape index (κ3) is 3.84. The van der Waals surface area contributed by atoms with Gasteiger partial charge in [-0.2, -0.15) is 8.78 Å². The quantitative estimate of drug-likeness (QED) is 0.721. The summed E-state index contributed by atoms with van der Waals surface area (Å²) < 4.78 is 27.4. The second-order valence-electron chi connectivity index (χ2n) is 2.55. The van der Waals surface area contributed by atoms with E-state index in [1.54, 1.807) is 0 Å². The topological polar surface area (TPSA) is 58.6 Å². The van der Waals surface area contributed by atoms with Crippen LogP contribution in [0.25, 0.3) is 0 Å². The van der Waals surface area contributed by atoms with Crippen LogP contribution in [0.5, 0.6) is 0 Å². The first-order valence-corrected chi connectivity index (χ1v) is 3.49. The summed E-state index contributed by atoms with van der Waals surface area (Å²) >= 11 is 0. The maximum atomic E-state index is 11.6. The number of rotatable bonds is 3. The summed E-state index contributed by atoms with van der Waals surface area (Å²) in [6.07, 6.45) is -0.592. The van der Waals surface area contributed by atoms with E-state index in [0.29, 0.717) is 0 Å². The lowest BCUT2D eigenvalue weighted by molar-refractivity contribution is -0.159. The smallest absolute Gasteiger partial charge is 0.345 e. The van der Waals surface area contributed by atoms with Crippen LogP contribution in [0.15, 0.2) is 0 Å². The SMILES string of the molecule is Cl.O=C(O)[C@H]1C[C@@H](OC(F)F)CN1. The minimum atomic E-state index is -2.83. The van der Waals surface area contributed by atoms with E-state index in [2.05, 4.69) is 10.1 Å². The van der Waals surface area contributed by atoms with E-state index in [9.17, 15) is 13.6 Å². The molecule has 13 heavy (non-hydrogen) atoms. The van der Waals surface area contributed by atoms with E-state index < -0.39 is 24.7 Å². The van der Waals surface area contributed by atoms with Crippen LogP contribution < -0.4 is 5.32 Å². The van der Waals surface area contributed by atoms with Gasteiger partial charge in [0.1, 0.15) is 6.04 Å². The third-order valence-corrected chi connectivity index (χ3v) is 1.68. The second-order valence-corrected chi connectivity index (χ2v) is 2.55. The molecule has 1 heterocycles. The molecule has 1 aliphatic rings. The molecule has 2 N–H and O–H groups in total. The lowest BCUT2D eigenvalue weighted by Gasteiger charge is -2.08. The van der Waals surface area contributed by atoms with Gasteiger partial charge in [-0.3, -0.25) is 4.79 Å². The van der Waals surface area contributed by atoms with Crippen molar-refractivity contribution < 1.29 is 23.4 Å². The number of aliphatic carboxylic acids is 1. The first-order chi connectivity index (χ1) is 5.59. The summed E-state index contributed by atoms with van der Waals surface area (Å²) in [6.45, 7) is -2.66. The van der Waals surface area contributed by atoms with E-state index in [4.69, 9.17) is 5.11 Å². The van der Waals surface area contributed by atoms with Crippen LogP contribution in [0.2, 0.25) is 0 Å². The summed E-state index contributed by atoms with van der Waals surface area (Å²) in [7, 11) is 0. The fraction of sp³-hybridized carbons (Fsp3) is 0.833. The van der Waals surface area contributed by atoms with Crippen LogP contribution in [0.4, 0.5) is 8.78 Å². The highest BCUT2D eigenvalue weighted by Crippen LogP contribution is 2.13. The predicted molar refractivity (Wildman–Crippen MR) is 42.2 cm³/mol. The number of carboxylic acid groups (broad SMARTS) is 1. The van der Waals surface area contributed by atoms with Crippen molar-refractivity contribution in [2.24, 2.45) is 0 Å². The highest BCUT2D eigenvalue weighted by Gasteiger charge is 2.31. The van der Waals surface area contributed by atoms with Gasteiger partial charge in [0.25, 0.3) is 0 Å². The number of ether oxygens (including phenoxy) is 1. The Morgan fingerprint density at radius 3 is 2.62 bits per heavy atom. The molecular weight excluding hydrogens is 208 g/mol. The molecule has 1 saturated heterocycles. The fourth-order valence-electron chi connectivity index (χ4n) is 1.14. The van der Waals surface area contributed by atoms with Crippen molar-refractivity contribution >= 4 is 18.4 Å². The van der Waals surface area contributed by atoms with Gasteiger partial charge in [-0.25, -0.2) is 0 Å². The predicted octanol–water partition coefficient (Wildman–Crippen LogP) is 0.462. The molecule has 0 unspecified atom stereocenters. The van der Waals surface area contributed by atoms with Gasteiger partial charge in [-0.05, 0) is 0 Å². The molecule has 7 heteroatoms. The first-order valence-electron chi connectivity index (χ1n) is 3.49. The summed E-state index contributed by atoms with van der Waals surface area (Å²) in [5.74, 6) is -1.03. The zero-order chi connectivity index (χ0) is 9.14. The molecule has 4 nitrogen and oxygen atoms in total. The Balaban J connectivity index is 0.00000144. The maximum absolute atomic E-state index is 11.6. The Morgan fingerprint density at radius 2 is 2.23 bits per heavy atom. The molecule has 0 aromatic carbocycles. The van der Waals surface area contributed by atoms with E-state index in [-0.39, 0.29) is 25.4 Å². The van der Waals surface area contributed by atoms with Crippen molar-refractivity contribution in [3.63, 3.8) is 0 Å². The van der Waals surface area contributed by atoms with Gasteiger partial charge in [0.15, 0.2) is 0 Å². The van der Waals surface area contributed by atoms with Gasteiger partial charge >= 0.3 is 12.6 Å². The standard InChI is InChI=1S/C6H9F2NO3.ClH/c7-6(8)12-3-1-4(5(10)11)9-2-3;/h3-4,6,9H,1-2H2,(H,10,11);1H/t3-,4-;/m1./s1. The number of hydrogen-bond acceptors (Lipinski definition) is 3. The molecule has 0 spiro atoms. The molecule has 0 aromatic rings. The molecule has 1 rings (SSSR count). The van der Waals surface area contributed by atoms with Gasteiger partial charge in [0, 0.05) is 13.0 Å². The van der Waals surface area contributed by atoms with E-state index >= 15 is 0 Å². The van der Waals surface area contributed by atoms with Crippen LogP contribution in [0.3, 0.4) is 0 Å². The lowest BCUT2D eigenvalue weighted by Crippen LogP contribution is -2.30. The van der Waals surface area contributed by atoms with E-state index in [1.807, 2.05) is 0 Å². The maximum Gasteiger partial charge on any atom is 0.345 e. The van der Waals surface area contributed by atoms with Crippen LogP contribution in [-0.4, -0.2) is 36.4 Å². The normalized spacial score (nSPS) is 27.3. The van der Waals surface area contributed by atoms with Crippen molar-refractivity contribution in [2.45, 2.75) is 25.2 Å². The van der Waals surface area contributed by atoms with Crippen LogP contribution >= 0.6 is 12.4 Å². The number of carbonyl (C=O) groups is 1. The molecule has 0 aliphatic carbocycles. The minimum absolute atomic E-state index is 0. The third-order valence-electron chi connectivity index (χ3n) is 1.68. The van der Waals surface area contributed by atoms with Crippen LogP contribution in [0.1, 0.15) is 6.42 Å². The van der Waals surface area contributed by atoms with E-state index in [1.165, 1.54) is 0 Å². The highest BCUT2D eigenvalue weighted by molar-refractivity contribution is 5.85. The Hall–Kier alpha value is -0.460. The number of hydrogen-bond donors (Lipinski definition) is 2. The largest absolute Gasteiger partial charge is 0.480 e. The molecule has 2 atom stereocenters. The molecule has 0 saturated carbocycles. The zero-order valence-electron chi connectivity index (χ0n) is 6.57. The molecule has 0 amide bonds. The van der Waals surface area contributed by atoms with Crippen molar-refractivity contribution in [1.29, 1.82) is 0 Å². The number of halogens is 3. The summed E-state index contributed by atoms with van der Waals surface area (Å²) in [4.78, 5) is 10.3. The van der Waals surface area contributed by atoms with Crippen molar-refractivity contribution in [1.82, 2.24) is 5.32 Å². The fourth-order valence-corrected chi connectivity index (χ4v) is 1.14.